The highest BCUT2D eigenvalue weighted by atomic mass is 35.5. The summed E-state index contributed by atoms with van der Waals surface area (Å²) in [6, 6.07) is 4.30. The number of carbonyl (C=O) groups excluding carboxylic acids is 1. The van der Waals surface area contributed by atoms with Gasteiger partial charge in [-0.1, -0.05) is 29.4 Å². The van der Waals surface area contributed by atoms with Crippen LogP contribution < -0.4 is 4.72 Å². The Kier molecular flexibility index (Phi) is 7.29. The highest BCUT2D eigenvalue weighted by Gasteiger charge is 2.48. The van der Waals surface area contributed by atoms with Gasteiger partial charge in [0.15, 0.2) is 11.0 Å². The van der Waals surface area contributed by atoms with Gasteiger partial charge in [-0.05, 0) is 83.4 Å². The Labute approximate surface area is 241 Å². The molecule has 2 aliphatic carbocycles. The zero-order chi connectivity index (χ0) is 28.2. The van der Waals surface area contributed by atoms with Crippen molar-refractivity contribution in [3.8, 4) is 6.07 Å². The highest BCUT2D eigenvalue weighted by Crippen LogP contribution is 2.49. The summed E-state index contributed by atoms with van der Waals surface area (Å²) in [7, 11) is 0. The molecule has 2 aromatic heterocycles. The lowest BCUT2D eigenvalue weighted by Gasteiger charge is -2.30. The average Bonchev–Trinajstić information content (AvgIpc) is 3.80. The number of hydrogen-bond acceptors (Lipinski definition) is 9. The fourth-order valence-corrected chi connectivity index (χ4v) is 6.31. The monoisotopic (exact) mass is 585 g/mol. The summed E-state index contributed by atoms with van der Waals surface area (Å²) in [5, 5.41) is 27.2. The normalized spacial score (nSPS) is 19.3. The third-order valence-corrected chi connectivity index (χ3v) is 9.39. The number of rotatable bonds is 6. The number of halogens is 1. The zero-order valence-corrected chi connectivity index (χ0v) is 24.9. The van der Waals surface area contributed by atoms with Crippen LogP contribution in [0.1, 0.15) is 71.2 Å². The number of carbonyl (C=O) groups is 1. The van der Waals surface area contributed by atoms with Gasteiger partial charge in [-0.15, -0.1) is 0 Å². The van der Waals surface area contributed by atoms with Gasteiger partial charge in [0.2, 0.25) is 0 Å². The van der Waals surface area contributed by atoms with Gasteiger partial charge in [0.05, 0.1) is 16.6 Å². The summed E-state index contributed by atoms with van der Waals surface area (Å²) in [5.41, 5.74) is 1.41. The van der Waals surface area contributed by atoms with Crippen LogP contribution in [0.25, 0.3) is 11.1 Å². The van der Waals surface area contributed by atoms with Crippen molar-refractivity contribution in [2.75, 3.05) is 13.1 Å². The van der Waals surface area contributed by atoms with Gasteiger partial charge >= 0.3 is 6.09 Å². The maximum atomic E-state index is 12.6. The molecule has 1 aliphatic heterocycles. The number of fused-ring (bicyclic) bond motifs is 1. The molecule has 0 spiro atoms. The minimum atomic E-state index is -0.767. The number of hydrogen-bond donors (Lipinski definition) is 3. The van der Waals surface area contributed by atoms with E-state index in [0.29, 0.717) is 43.7 Å². The van der Waals surface area contributed by atoms with Crippen molar-refractivity contribution in [3.05, 3.63) is 34.9 Å². The first-order valence-electron chi connectivity index (χ1n) is 12.9. The fourth-order valence-electron chi connectivity index (χ4n) is 4.25. The first-order chi connectivity index (χ1) is 18.3. The van der Waals surface area contributed by atoms with Crippen molar-refractivity contribution >= 4 is 62.6 Å². The molecule has 9 nitrogen and oxygen atoms in total. The molecule has 2 aromatic rings. The van der Waals surface area contributed by atoms with Gasteiger partial charge in [-0.25, -0.2) is 9.78 Å². The van der Waals surface area contributed by atoms with Crippen LogP contribution in [0, 0.1) is 27.6 Å². The fraction of sp³-hybridized carbons (Fsp3) is 0.519. The van der Waals surface area contributed by atoms with Crippen molar-refractivity contribution in [3.63, 3.8) is 0 Å². The molecule has 1 amide bonds. The molecule has 5 rings (SSSR count). The summed E-state index contributed by atoms with van der Waals surface area (Å²) >= 11 is 9.20. The summed E-state index contributed by atoms with van der Waals surface area (Å²) in [6.07, 6.45) is 7.76. The van der Waals surface area contributed by atoms with Crippen LogP contribution in [-0.4, -0.2) is 54.7 Å². The van der Waals surface area contributed by atoms with Crippen LogP contribution >= 0.6 is 35.3 Å². The molecule has 12 heteroatoms. The molecular formula is C27H32ClN7O2S2. The maximum Gasteiger partial charge on any atom is 0.410 e. The van der Waals surface area contributed by atoms with E-state index < -0.39 is 11.0 Å². The van der Waals surface area contributed by atoms with Crippen LogP contribution in [0.15, 0.2) is 23.2 Å². The second-order valence-electron chi connectivity index (χ2n) is 11.7. The quantitative estimate of drug-likeness (QED) is 0.200. The molecule has 3 aliphatic rings. The smallest absolute Gasteiger partial charge is 0.410 e. The van der Waals surface area contributed by atoms with Crippen molar-refractivity contribution in [2.24, 2.45) is 5.41 Å². The van der Waals surface area contributed by atoms with Crippen LogP contribution in [0.3, 0.4) is 0 Å². The molecule has 2 fully saturated rings. The summed E-state index contributed by atoms with van der Waals surface area (Å²) < 4.78 is 10.9. The number of aromatic nitrogens is 2. The molecule has 3 heterocycles. The van der Waals surface area contributed by atoms with E-state index in [2.05, 4.69) is 28.8 Å². The summed E-state index contributed by atoms with van der Waals surface area (Å²) in [4.78, 5) is 19.8. The summed E-state index contributed by atoms with van der Waals surface area (Å²) in [5.74, 6) is 0.339. The van der Waals surface area contributed by atoms with E-state index in [1.807, 2.05) is 37.4 Å². The van der Waals surface area contributed by atoms with Crippen molar-refractivity contribution in [1.29, 1.82) is 16.1 Å². The zero-order valence-electron chi connectivity index (χ0n) is 22.5. The number of pyridine rings is 1. The molecule has 206 valence electrons. The molecule has 0 bridgehead atoms. The van der Waals surface area contributed by atoms with Gasteiger partial charge in [0, 0.05) is 35.3 Å². The lowest BCUT2D eigenvalue weighted by atomic mass is 9.99. The van der Waals surface area contributed by atoms with Crippen LogP contribution in [-0.2, 0) is 4.74 Å². The van der Waals surface area contributed by atoms with Crippen LogP contribution in [0.4, 0.5) is 4.79 Å². The van der Waals surface area contributed by atoms with E-state index in [9.17, 15) is 10.1 Å². The van der Waals surface area contributed by atoms with E-state index >= 15 is 0 Å². The Morgan fingerprint density at radius 3 is 2.56 bits per heavy atom. The lowest BCUT2D eigenvalue weighted by molar-refractivity contribution is 0.0270. The van der Waals surface area contributed by atoms with Gasteiger partial charge in [-0.3, -0.25) is 19.9 Å². The van der Waals surface area contributed by atoms with Gasteiger partial charge in [0.1, 0.15) is 16.1 Å². The number of nitrogens with one attached hydrogen (secondary N) is 3. The number of imidazole rings is 1. The third-order valence-electron chi connectivity index (χ3n) is 7.09. The average molecular weight is 586 g/mol. The van der Waals surface area contributed by atoms with Crippen LogP contribution in [0.2, 0.25) is 5.15 Å². The molecule has 0 unspecified atom stereocenters. The van der Waals surface area contributed by atoms with E-state index in [4.69, 9.17) is 27.2 Å². The molecule has 0 radical (unpaired) electrons. The Hall–Kier alpha value is -2.52. The highest BCUT2D eigenvalue weighted by molar-refractivity contribution is 8.26. The molecular weight excluding hydrogens is 554 g/mol. The van der Waals surface area contributed by atoms with E-state index in [1.54, 1.807) is 16.8 Å². The van der Waals surface area contributed by atoms with E-state index in [1.165, 1.54) is 0 Å². The third kappa shape index (κ3) is 5.99. The predicted octanol–water partition coefficient (Wildman–Crippen LogP) is 6.50. The Balaban J connectivity index is 1.48. The van der Waals surface area contributed by atoms with Gasteiger partial charge in [0.25, 0.3) is 0 Å². The van der Waals surface area contributed by atoms with Crippen LogP contribution in [0.5, 0.6) is 0 Å². The largest absolute Gasteiger partial charge is 0.444 e. The number of nitrogens with zero attached hydrogens (tertiary/aromatic N) is 4. The first-order valence-corrected chi connectivity index (χ1v) is 14.9. The van der Waals surface area contributed by atoms with E-state index in [0.717, 1.165) is 40.6 Å². The number of amides is 1. The van der Waals surface area contributed by atoms with Crippen molar-refractivity contribution in [2.45, 2.75) is 75.8 Å². The van der Waals surface area contributed by atoms with Crippen molar-refractivity contribution < 1.29 is 9.53 Å². The minimum absolute atomic E-state index is 0.0763. The van der Waals surface area contributed by atoms with Gasteiger partial charge < -0.3 is 9.64 Å². The standard InChI is InChI=1S/C27H32ClN7O2S2/c1-25(2,3)37-24(36)34-11-5-16(6-12-34)18-13-17(39-33-26(4)7-8-26)14-35-19(18)20(28)32-22(35)21(30)38-23(31)27(15-29)9-10-27/h5,13-14,30-31,33H,6-12H2,1-4H3. The Morgan fingerprint density at radius 2 is 2.00 bits per heavy atom. The molecule has 39 heavy (non-hydrogen) atoms. The topological polar surface area (TPSA) is 130 Å². The molecule has 3 N–H and O–H groups in total. The molecule has 2 saturated carbocycles. The molecule has 0 atom stereocenters. The first kappa shape index (κ1) is 28.0. The van der Waals surface area contributed by atoms with Crippen molar-refractivity contribution in [1.82, 2.24) is 19.0 Å². The maximum absolute atomic E-state index is 12.6. The number of thioether (sulfide) groups is 1. The molecule has 0 aromatic carbocycles. The Bertz CT molecular complexity index is 1440. The second kappa shape index (κ2) is 10.1. The van der Waals surface area contributed by atoms with E-state index in [-0.39, 0.29) is 26.9 Å². The Morgan fingerprint density at radius 1 is 1.28 bits per heavy atom. The SMILES string of the molecule is CC1(NSc2cc(C3=CCN(C(=O)OC(C)(C)C)CC3)c3c(Cl)nc(C(=N)SC(=N)C4(C#N)CC4)n3c2)CC1. The predicted molar refractivity (Wildman–Crippen MR) is 157 cm³/mol. The number of ether oxygens (including phenoxy) is 1. The van der Waals surface area contributed by atoms with Gasteiger partial charge in [-0.2, -0.15) is 5.26 Å². The lowest BCUT2D eigenvalue weighted by Crippen LogP contribution is -2.39. The number of nitriles is 1. The second-order valence-corrected chi connectivity index (χ2v) is 13.9. The molecule has 0 saturated heterocycles. The minimum Gasteiger partial charge on any atom is -0.444 e. The summed E-state index contributed by atoms with van der Waals surface area (Å²) in [6.45, 7) is 8.68.